The lowest BCUT2D eigenvalue weighted by molar-refractivity contribution is 0.417. The summed E-state index contributed by atoms with van der Waals surface area (Å²) in [7, 11) is 1.64. The van der Waals surface area contributed by atoms with Crippen molar-refractivity contribution in [3.8, 4) is 5.75 Å². The Morgan fingerprint density at radius 3 is 2.80 bits per heavy atom. The van der Waals surface area contributed by atoms with Crippen molar-refractivity contribution in [1.29, 1.82) is 0 Å². The molecule has 2 aromatic rings. The number of para-hydroxylation sites is 2. The highest BCUT2D eigenvalue weighted by molar-refractivity contribution is 5.63. The van der Waals surface area contributed by atoms with Crippen LogP contribution in [0, 0.1) is 0 Å². The van der Waals surface area contributed by atoms with Crippen LogP contribution in [0.15, 0.2) is 42.9 Å². The molecule has 0 atom stereocenters. The Labute approximate surface area is 88.0 Å². The molecular formula is C11H11N3O. The quantitative estimate of drug-likeness (QED) is 0.827. The van der Waals surface area contributed by atoms with Gasteiger partial charge in [-0.2, -0.15) is 0 Å². The summed E-state index contributed by atoms with van der Waals surface area (Å²) >= 11 is 0. The third-order valence-electron chi connectivity index (χ3n) is 1.95. The van der Waals surface area contributed by atoms with Gasteiger partial charge in [-0.05, 0) is 18.2 Å². The number of methoxy groups -OCH3 is 1. The molecule has 0 aliphatic rings. The second-order valence-corrected chi connectivity index (χ2v) is 2.92. The van der Waals surface area contributed by atoms with Crippen LogP contribution in [0.25, 0.3) is 0 Å². The van der Waals surface area contributed by atoms with Gasteiger partial charge in [-0.25, -0.2) is 9.97 Å². The molecule has 2 rings (SSSR count). The van der Waals surface area contributed by atoms with E-state index in [9.17, 15) is 0 Å². The predicted molar refractivity (Wildman–Crippen MR) is 58.3 cm³/mol. The van der Waals surface area contributed by atoms with Gasteiger partial charge in [0.25, 0.3) is 0 Å². The van der Waals surface area contributed by atoms with Crippen LogP contribution < -0.4 is 10.1 Å². The Bertz CT molecular complexity index is 431. The van der Waals surface area contributed by atoms with Gasteiger partial charge >= 0.3 is 0 Å². The topological polar surface area (TPSA) is 47.0 Å². The van der Waals surface area contributed by atoms with Gasteiger partial charge in [0.05, 0.1) is 12.8 Å². The van der Waals surface area contributed by atoms with Gasteiger partial charge in [-0.15, -0.1) is 0 Å². The van der Waals surface area contributed by atoms with Gasteiger partial charge in [0.15, 0.2) is 0 Å². The van der Waals surface area contributed by atoms with Crippen molar-refractivity contribution >= 4 is 11.5 Å². The van der Waals surface area contributed by atoms with Crippen LogP contribution in [0.4, 0.5) is 11.5 Å². The molecule has 1 aromatic carbocycles. The number of nitrogens with zero attached hydrogens (tertiary/aromatic N) is 2. The van der Waals surface area contributed by atoms with Crippen molar-refractivity contribution in [2.45, 2.75) is 0 Å². The largest absolute Gasteiger partial charge is 0.495 e. The number of anilines is 2. The number of hydrogen-bond acceptors (Lipinski definition) is 4. The molecule has 0 saturated carbocycles. The molecule has 0 saturated heterocycles. The Hall–Kier alpha value is -2.10. The summed E-state index contributed by atoms with van der Waals surface area (Å²) < 4.78 is 5.21. The molecule has 0 aliphatic carbocycles. The average Bonchev–Trinajstić information content (AvgIpc) is 2.31. The van der Waals surface area contributed by atoms with Crippen molar-refractivity contribution in [2.75, 3.05) is 12.4 Å². The fourth-order valence-electron chi connectivity index (χ4n) is 1.25. The first kappa shape index (κ1) is 9.45. The van der Waals surface area contributed by atoms with Crippen molar-refractivity contribution in [1.82, 2.24) is 9.97 Å². The second-order valence-electron chi connectivity index (χ2n) is 2.92. The van der Waals surface area contributed by atoms with E-state index in [1.165, 1.54) is 6.33 Å². The van der Waals surface area contributed by atoms with Gasteiger partial charge in [0.1, 0.15) is 17.9 Å². The Morgan fingerprint density at radius 2 is 2.07 bits per heavy atom. The fourth-order valence-corrected chi connectivity index (χ4v) is 1.25. The first-order valence-electron chi connectivity index (χ1n) is 4.56. The molecule has 0 amide bonds. The number of rotatable bonds is 3. The number of benzene rings is 1. The lowest BCUT2D eigenvalue weighted by atomic mass is 10.3. The highest BCUT2D eigenvalue weighted by atomic mass is 16.5. The summed E-state index contributed by atoms with van der Waals surface area (Å²) in [4.78, 5) is 7.92. The van der Waals surface area contributed by atoms with E-state index in [0.29, 0.717) is 0 Å². The highest BCUT2D eigenvalue weighted by Crippen LogP contribution is 2.25. The molecule has 1 heterocycles. The van der Waals surface area contributed by atoms with Crippen LogP contribution in [-0.4, -0.2) is 17.1 Å². The van der Waals surface area contributed by atoms with Crippen LogP contribution >= 0.6 is 0 Å². The van der Waals surface area contributed by atoms with E-state index in [0.717, 1.165) is 17.3 Å². The summed E-state index contributed by atoms with van der Waals surface area (Å²) in [6, 6.07) is 9.48. The summed E-state index contributed by atoms with van der Waals surface area (Å²) in [5.74, 6) is 1.53. The minimum Gasteiger partial charge on any atom is -0.495 e. The molecule has 4 nitrogen and oxygen atoms in total. The van der Waals surface area contributed by atoms with E-state index in [1.807, 2.05) is 24.3 Å². The lowest BCUT2D eigenvalue weighted by Crippen LogP contribution is -1.96. The average molecular weight is 201 g/mol. The summed E-state index contributed by atoms with van der Waals surface area (Å²) in [6.45, 7) is 0. The van der Waals surface area contributed by atoms with E-state index in [1.54, 1.807) is 19.4 Å². The van der Waals surface area contributed by atoms with E-state index >= 15 is 0 Å². The zero-order valence-corrected chi connectivity index (χ0v) is 8.34. The van der Waals surface area contributed by atoms with Gasteiger partial charge in [0, 0.05) is 6.20 Å². The van der Waals surface area contributed by atoms with E-state index < -0.39 is 0 Å². The van der Waals surface area contributed by atoms with Crippen LogP contribution in [0.3, 0.4) is 0 Å². The molecule has 4 heteroatoms. The second kappa shape index (κ2) is 4.41. The maximum absolute atomic E-state index is 5.21. The van der Waals surface area contributed by atoms with E-state index in [4.69, 9.17) is 4.74 Å². The predicted octanol–water partition coefficient (Wildman–Crippen LogP) is 2.23. The van der Waals surface area contributed by atoms with Crippen LogP contribution in [-0.2, 0) is 0 Å². The molecule has 0 radical (unpaired) electrons. The minimum atomic E-state index is 0.745. The molecule has 0 spiro atoms. The Morgan fingerprint density at radius 1 is 1.20 bits per heavy atom. The zero-order valence-electron chi connectivity index (χ0n) is 8.34. The summed E-state index contributed by atoms with van der Waals surface area (Å²) in [5.41, 5.74) is 0.888. The maximum atomic E-state index is 5.21. The van der Waals surface area contributed by atoms with Crippen molar-refractivity contribution in [2.24, 2.45) is 0 Å². The monoisotopic (exact) mass is 201 g/mol. The van der Waals surface area contributed by atoms with Gasteiger partial charge < -0.3 is 10.1 Å². The summed E-state index contributed by atoms with van der Waals surface area (Å²) in [5, 5.41) is 3.15. The van der Waals surface area contributed by atoms with Crippen LogP contribution in [0.5, 0.6) is 5.75 Å². The molecule has 0 aliphatic heterocycles. The first-order valence-corrected chi connectivity index (χ1v) is 4.56. The van der Waals surface area contributed by atoms with Gasteiger partial charge in [0.2, 0.25) is 0 Å². The van der Waals surface area contributed by atoms with Crippen LogP contribution in [0.1, 0.15) is 0 Å². The van der Waals surface area contributed by atoms with E-state index in [2.05, 4.69) is 15.3 Å². The number of ether oxygens (including phenoxy) is 1. The fraction of sp³-hybridized carbons (Fsp3) is 0.0909. The molecule has 0 fully saturated rings. The molecular weight excluding hydrogens is 190 g/mol. The molecule has 76 valence electrons. The third kappa shape index (κ3) is 2.22. The van der Waals surface area contributed by atoms with Gasteiger partial charge in [-0.3, -0.25) is 0 Å². The highest BCUT2D eigenvalue weighted by Gasteiger charge is 2.01. The lowest BCUT2D eigenvalue weighted by Gasteiger charge is -2.09. The van der Waals surface area contributed by atoms with Crippen molar-refractivity contribution < 1.29 is 4.74 Å². The standard InChI is InChI=1S/C11H11N3O/c1-15-10-5-3-2-4-9(10)14-11-6-7-12-8-13-11/h2-8H,1H3,(H,12,13,14). The van der Waals surface area contributed by atoms with E-state index in [-0.39, 0.29) is 0 Å². The molecule has 15 heavy (non-hydrogen) atoms. The normalized spacial score (nSPS) is 9.67. The number of nitrogens with one attached hydrogen (secondary N) is 1. The van der Waals surface area contributed by atoms with Crippen molar-refractivity contribution in [3.63, 3.8) is 0 Å². The third-order valence-corrected chi connectivity index (χ3v) is 1.95. The summed E-state index contributed by atoms with van der Waals surface area (Å²) in [6.07, 6.45) is 3.18. The molecule has 1 N–H and O–H groups in total. The smallest absolute Gasteiger partial charge is 0.142 e. The van der Waals surface area contributed by atoms with Crippen LogP contribution in [0.2, 0.25) is 0 Å². The number of aromatic nitrogens is 2. The van der Waals surface area contributed by atoms with Crippen molar-refractivity contribution in [3.05, 3.63) is 42.9 Å². The zero-order chi connectivity index (χ0) is 10.5. The van der Waals surface area contributed by atoms with Gasteiger partial charge in [-0.1, -0.05) is 12.1 Å². The number of hydrogen-bond donors (Lipinski definition) is 1. The first-order chi connectivity index (χ1) is 7.40. The molecule has 0 unspecified atom stereocenters. The Kier molecular flexibility index (Phi) is 2.78. The molecule has 1 aromatic heterocycles. The Balaban J connectivity index is 2.24. The molecule has 0 bridgehead atoms. The maximum Gasteiger partial charge on any atom is 0.142 e. The minimum absolute atomic E-state index is 0.745. The SMILES string of the molecule is COc1ccccc1Nc1ccncn1.